The Bertz CT molecular complexity index is 875. The zero-order valence-corrected chi connectivity index (χ0v) is 15.2. The highest BCUT2D eigenvalue weighted by Crippen LogP contribution is 2.41. The molecule has 3 aromatic rings. The van der Waals surface area contributed by atoms with Crippen LogP contribution in [-0.2, 0) is 0 Å². The van der Waals surface area contributed by atoms with Gasteiger partial charge in [-0.2, -0.15) is 9.61 Å². The van der Waals surface area contributed by atoms with E-state index in [0.717, 1.165) is 29.3 Å². The van der Waals surface area contributed by atoms with Crippen molar-refractivity contribution in [2.24, 2.45) is 5.92 Å². The van der Waals surface area contributed by atoms with Crippen LogP contribution in [0.2, 0.25) is 0 Å². The Morgan fingerprint density at radius 2 is 2.28 bits per heavy atom. The predicted octanol–water partition coefficient (Wildman–Crippen LogP) is 3.33. The number of hydrogen-bond acceptors (Lipinski definition) is 6. The van der Waals surface area contributed by atoms with Crippen LogP contribution in [0.15, 0.2) is 30.6 Å². The van der Waals surface area contributed by atoms with E-state index in [4.69, 9.17) is 4.74 Å². The van der Waals surface area contributed by atoms with Crippen LogP contribution in [0.4, 0.5) is 0 Å². The van der Waals surface area contributed by atoms with Crippen molar-refractivity contribution in [2.75, 3.05) is 20.2 Å². The normalized spacial score (nSPS) is 20.0. The number of piperidine rings is 1. The largest absolute Gasteiger partial charge is 0.497 e. The van der Waals surface area contributed by atoms with Gasteiger partial charge in [0.25, 0.3) is 0 Å². The summed E-state index contributed by atoms with van der Waals surface area (Å²) in [5.74, 6) is 1.65. The Hall–Kier alpha value is -2.12. The third kappa shape index (κ3) is 2.98. The number of likely N-dealkylation sites (tertiary alicyclic amines) is 1. The van der Waals surface area contributed by atoms with Crippen molar-refractivity contribution in [1.29, 1.82) is 0 Å². The quantitative estimate of drug-likeness (QED) is 0.775. The summed E-state index contributed by atoms with van der Waals surface area (Å²) >= 11 is 1.50. The van der Waals surface area contributed by atoms with Crippen LogP contribution in [0, 0.1) is 5.92 Å². The maximum atomic E-state index is 10.7. The number of methoxy groups -OCH3 is 1. The Morgan fingerprint density at radius 3 is 3.04 bits per heavy atom. The van der Waals surface area contributed by atoms with Gasteiger partial charge in [-0.1, -0.05) is 30.4 Å². The molecule has 0 saturated carbocycles. The van der Waals surface area contributed by atoms with Crippen molar-refractivity contribution in [3.63, 3.8) is 0 Å². The van der Waals surface area contributed by atoms with E-state index in [9.17, 15) is 5.11 Å². The van der Waals surface area contributed by atoms with E-state index in [1.807, 2.05) is 12.1 Å². The van der Waals surface area contributed by atoms with E-state index in [0.29, 0.717) is 10.9 Å². The molecule has 1 aliphatic rings. The number of rotatable bonds is 4. The lowest BCUT2D eigenvalue weighted by atomic mass is 9.95. The van der Waals surface area contributed by atoms with Crippen LogP contribution in [0.5, 0.6) is 11.6 Å². The van der Waals surface area contributed by atoms with Crippen LogP contribution in [0.1, 0.15) is 36.2 Å². The van der Waals surface area contributed by atoms with E-state index in [-0.39, 0.29) is 11.9 Å². The molecular weight excluding hydrogens is 336 g/mol. The zero-order valence-electron chi connectivity index (χ0n) is 14.4. The molecule has 0 amide bonds. The molecule has 1 aliphatic heterocycles. The summed E-state index contributed by atoms with van der Waals surface area (Å²) in [5, 5.41) is 14.9. The Labute approximate surface area is 150 Å². The molecule has 0 aliphatic carbocycles. The average Bonchev–Trinajstić information content (AvgIpc) is 3.19. The topological polar surface area (TPSA) is 62.9 Å². The van der Waals surface area contributed by atoms with Crippen LogP contribution < -0.4 is 4.74 Å². The highest BCUT2D eigenvalue weighted by Gasteiger charge is 2.31. The van der Waals surface area contributed by atoms with Gasteiger partial charge in [0.15, 0.2) is 0 Å². The summed E-state index contributed by atoms with van der Waals surface area (Å²) in [4.78, 5) is 8.29. The van der Waals surface area contributed by atoms with E-state index >= 15 is 0 Å². The zero-order chi connectivity index (χ0) is 17.4. The second-order valence-electron chi connectivity index (χ2n) is 6.67. The van der Waals surface area contributed by atoms with Crippen LogP contribution >= 0.6 is 11.3 Å². The molecule has 4 rings (SSSR count). The Kier molecular flexibility index (Phi) is 4.35. The van der Waals surface area contributed by atoms with Crippen LogP contribution in [0.25, 0.3) is 4.96 Å². The first-order valence-corrected chi connectivity index (χ1v) is 9.38. The molecule has 2 unspecified atom stereocenters. The van der Waals surface area contributed by atoms with Crippen LogP contribution in [-0.4, -0.2) is 44.8 Å². The number of fused-ring (bicyclic) bond motifs is 1. The lowest BCUT2D eigenvalue weighted by Crippen LogP contribution is -2.37. The number of aromatic nitrogens is 3. The molecule has 0 bridgehead atoms. The van der Waals surface area contributed by atoms with Crippen molar-refractivity contribution in [1.82, 2.24) is 19.5 Å². The molecule has 6 nitrogen and oxygen atoms in total. The molecule has 3 heterocycles. The molecule has 0 spiro atoms. The summed E-state index contributed by atoms with van der Waals surface area (Å²) in [6.45, 7) is 4.31. The number of hydrogen-bond donors (Lipinski definition) is 1. The summed E-state index contributed by atoms with van der Waals surface area (Å²) < 4.78 is 6.93. The van der Waals surface area contributed by atoms with Gasteiger partial charge in [0.2, 0.25) is 10.8 Å². The Morgan fingerprint density at radius 1 is 1.40 bits per heavy atom. The van der Waals surface area contributed by atoms with Crippen molar-refractivity contribution >= 4 is 16.3 Å². The van der Waals surface area contributed by atoms with Gasteiger partial charge in [0.1, 0.15) is 12.1 Å². The summed E-state index contributed by atoms with van der Waals surface area (Å²) in [6.07, 6.45) is 3.89. The second kappa shape index (κ2) is 6.65. The molecule has 1 fully saturated rings. The molecule has 7 heteroatoms. The monoisotopic (exact) mass is 358 g/mol. The summed E-state index contributed by atoms with van der Waals surface area (Å²) in [7, 11) is 1.68. The molecule has 1 aromatic carbocycles. The van der Waals surface area contributed by atoms with Gasteiger partial charge in [-0.3, -0.25) is 4.90 Å². The average molecular weight is 358 g/mol. The van der Waals surface area contributed by atoms with Gasteiger partial charge in [0.05, 0.1) is 18.0 Å². The first-order valence-electron chi connectivity index (χ1n) is 8.56. The van der Waals surface area contributed by atoms with Crippen molar-refractivity contribution in [3.8, 4) is 11.6 Å². The number of aromatic hydroxyl groups is 1. The second-order valence-corrected chi connectivity index (χ2v) is 7.67. The fourth-order valence-corrected chi connectivity index (χ4v) is 4.76. The van der Waals surface area contributed by atoms with Gasteiger partial charge in [-0.05, 0) is 43.0 Å². The van der Waals surface area contributed by atoms with Crippen molar-refractivity contribution in [2.45, 2.75) is 25.8 Å². The maximum Gasteiger partial charge on any atom is 0.230 e. The summed E-state index contributed by atoms with van der Waals surface area (Å²) in [6, 6.07) is 8.08. The highest BCUT2D eigenvalue weighted by atomic mass is 32.1. The summed E-state index contributed by atoms with van der Waals surface area (Å²) in [5.41, 5.74) is 1.12. The first kappa shape index (κ1) is 16.4. The van der Waals surface area contributed by atoms with Crippen molar-refractivity contribution in [3.05, 3.63) is 41.0 Å². The van der Waals surface area contributed by atoms with E-state index in [1.165, 1.54) is 35.0 Å². The lowest BCUT2D eigenvalue weighted by molar-refractivity contribution is 0.149. The molecule has 2 atom stereocenters. The van der Waals surface area contributed by atoms with Gasteiger partial charge in [0, 0.05) is 6.54 Å². The fraction of sp³-hybridized carbons (Fsp3) is 0.444. The molecule has 25 heavy (non-hydrogen) atoms. The molecule has 132 valence electrons. The maximum absolute atomic E-state index is 10.7. The van der Waals surface area contributed by atoms with Gasteiger partial charge in [-0.15, -0.1) is 0 Å². The molecule has 1 N–H and O–H groups in total. The van der Waals surface area contributed by atoms with Gasteiger partial charge < -0.3 is 9.84 Å². The predicted molar refractivity (Wildman–Crippen MR) is 97.3 cm³/mol. The molecule has 1 saturated heterocycles. The van der Waals surface area contributed by atoms with Gasteiger partial charge in [-0.25, -0.2) is 4.98 Å². The minimum atomic E-state index is -0.0219. The van der Waals surface area contributed by atoms with E-state index < -0.39 is 0 Å². The van der Waals surface area contributed by atoms with Crippen LogP contribution in [0.3, 0.4) is 0 Å². The first-order chi connectivity index (χ1) is 12.2. The third-order valence-corrected chi connectivity index (χ3v) is 5.94. The van der Waals surface area contributed by atoms with Gasteiger partial charge >= 0.3 is 0 Å². The van der Waals surface area contributed by atoms with E-state index in [2.05, 4.69) is 34.0 Å². The highest BCUT2D eigenvalue weighted by molar-refractivity contribution is 7.17. The molecule has 2 aromatic heterocycles. The minimum absolute atomic E-state index is 0.0219. The fourth-order valence-electron chi connectivity index (χ4n) is 3.67. The number of thiazole rings is 1. The number of ether oxygens (including phenoxy) is 1. The number of nitrogens with zero attached hydrogens (tertiary/aromatic N) is 4. The third-order valence-electron chi connectivity index (χ3n) is 4.85. The lowest BCUT2D eigenvalue weighted by Gasteiger charge is -2.37. The smallest absolute Gasteiger partial charge is 0.230 e. The Balaban J connectivity index is 1.82. The van der Waals surface area contributed by atoms with Crippen molar-refractivity contribution < 1.29 is 9.84 Å². The minimum Gasteiger partial charge on any atom is -0.497 e. The number of benzene rings is 1. The SMILES string of the molecule is COc1cccc(C(c2sc3ncnn3c2O)N2CCCC(C)C2)c1. The van der Waals surface area contributed by atoms with E-state index in [1.54, 1.807) is 7.11 Å². The standard InChI is InChI=1S/C18H22N4O2S/c1-12-5-4-8-21(10-12)15(13-6-3-7-14(9-13)24-2)16-17(23)22-18(25-16)19-11-20-22/h3,6-7,9,11-12,15,23H,4-5,8,10H2,1-2H3. The molecule has 0 radical (unpaired) electrons. The molecular formula is C18H22N4O2S.